The van der Waals surface area contributed by atoms with E-state index in [2.05, 4.69) is 23.7 Å². The Kier molecular flexibility index (Phi) is 3.88. The maximum Gasteiger partial charge on any atom is 0.328 e. The fraction of sp³-hybridized carbons (Fsp3) is 0.467. The molecule has 0 aromatic carbocycles. The van der Waals surface area contributed by atoms with Gasteiger partial charge in [-0.2, -0.15) is 0 Å². The van der Waals surface area contributed by atoms with E-state index in [1.165, 1.54) is 12.8 Å². The number of hydrogen-bond donors (Lipinski definition) is 1. The number of aromatic nitrogens is 1. The first-order valence-electron chi connectivity index (χ1n) is 6.58. The van der Waals surface area contributed by atoms with Gasteiger partial charge in [-0.05, 0) is 42.0 Å². The average Bonchev–Trinajstić information content (AvgIpc) is 2.36. The Morgan fingerprint density at radius 1 is 1.47 bits per heavy atom. The van der Waals surface area contributed by atoms with Crippen LogP contribution in [0.5, 0.6) is 0 Å². The zero-order valence-electron chi connectivity index (χ0n) is 11.5. The zero-order valence-corrected chi connectivity index (χ0v) is 11.5. The standard InChI is InChI=1S/C15H20N2O2/c1-15(2)8-3-9-17(11-15)13-6-4-12(10-16-13)5-7-14(18)19/h4-7,10H,3,8-9,11H2,1-2H3,(H,18,19)/b7-5+. The number of piperidine rings is 1. The molecular formula is C15H20N2O2. The minimum Gasteiger partial charge on any atom is -0.478 e. The van der Waals surface area contributed by atoms with Gasteiger partial charge in [0.05, 0.1) is 0 Å². The second-order valence-electron chi connectivity index (χ2n) is 5.81. The fourth-order valence-corrected chi connectivity index (χ4v) is 2.47. The molecule has 0 spiro atoms. The van der Waals surface area contributed by atoms with Crippen molar-refractivity contribution in [2.24, 2.45) is 5.41 Å². The normalized spacial score (nSPS) is 18.7. The first kappa shape index (κ1) is 13.6. The number of hydrogen-bond acceptors (Lipinski definition) is 3. The largest absolute Gasteiger partial charge is 0.478 e. The van der Waals surface area contributed by atoms with Gasteiger partial charge in [0.1, 0.15) is 5.82 Å². The minimum absolute atomic E-state index is 0.335. The highest BCUT2D eigenvalue weighted by Crippen LogP contribution is 2.30. The highest BCUT2D eigenvalue weighted by Gasteiger charge is 2.26. The molecule has 4 heteroatoms. The Morgan fingerprint density at radius 3 is 2.84 bits per heavy atom. The van der Waals surface area contributed by atoms with Crippen molar-refractivity contribution in [3.05, 3.63) is 30.0 Å². The molecule has 1 aromatic rings. The summed E-state index contributed by atoms with van der Waals surface area (Å²) in [6.07, 6.45) is 6.84. The van der Waals surface area contributed by atoms with E-state index in [1.54, 1.807) is 12.3 Å². The van der Waals surface area contributed by atoms with Crippen molar-refractivity contribution < 1.29 is 9.90 Å². The Labute approximate surface area is 113 Å². The molecule has 1 saturated heterocycles. The third-order valence-corrected chi connectivity index (χ3v) is 3.41. The number of carboxylic acids is 1. The van der Waals surface area contributed by atoms with Crippen LogP contribution < -0.4 is 4.90 Å². The van der Waals surface area contributed by atoms with Crippen LogP contribution in [0.1, 0.15) is 32.3 Å². The molecule has 102 valence electrons. The molecule has 19 heavy (non-hydrogen) atoms. The molecule has 0 bridgehead atoms. The first-order valence-corrected chi connectivity index (χ1v) is 6.58. The molecule has 0 unspecified atom stereocenters. The summed E-state index contributed by atoms with van der Waals surface area (Å²) in [6.45, 7) is 6.62. The van der Waals surface area contributed by atoms with E-state index < -0.39 is 5.97 Å². The van der Waals surface area contributed by atoms with Crippen molar-refractivity contribution in [1.29, 1.82) is 0 Å². The van der Waals surface area contributed by atoms with Crippen LogP contribution in [0.25, 0.3) is 6.08 Å². The molecular weight excluding hydrogens is 240 g/mol. The molecule has 1 N–H and O–H groups in total. The van der Waals surface area contributed by atoms with E-state index in [1.807, 2.05) is 12.1 Å². The third kappa shape index (κ3) is 3.81. The molecule has 0 aliphatic carbocycles. The zero-order chi connectivity index (χ0) is 13.9. The van der Waals surface area contributed by atoms with E-state index in [4.69, 9.17) is 5.11 Å². The summed E-state index contributed by atoms with van der Waals surface area (Å²) < 4.78 is 0. The van der Waals surface area contributed by atoms with Gasteiger partial charge in [0.25, 0.3) is 0 Å². The molecule has 1 aromatic heterocycles. The summed E-state index contributed by atoms with van der Waals surface area (Å²) in [5.41, 5.74) is 1.14. The quantitative estimate of drug-likeness (QED) is 0.849. The molecule has 2 heterocycles. The SMILES string of the molecule is CC1(C)CCCN(c2ccc(/C=C/C(=O)O)cn2)C1. The summed E-state index contributed by atoms with van der Waals surface area (Å²) in [7, 11) is 0. The average molecular weight is 260 g/mol. The number of aliphatic carboxylic acids is 1. The molecule has 0 radical (unpaired) electrons. The van der Waals surface area contributed by atoms with E-state index in [-0.39, 0.29) is 0 Å². The Balaban J connectivity index is 2.08. The highest BCUT2D eigenvalue weighted by atomic mass is 16.4. The van der Waals surface area contributed by atoms with Gasteiger partial charge in [0, 0.05) is 25.4 Å². The molecule has 4 nitrogen and oxygen atoms in total. The summed E-state index contributed by atoms with van der Waals surface area (Å²) >= 11 is 0. The lowest BCUT2D eigenvalue weighted by atomic mass is 9.84. The Bertz CT molecular complexity index is 477. The van der Waals surface area contributed by atoms with E-state index in [0.717, 1.165) is 30.5 Å². The summed E-state index contributed by atoms with van der Waals surface area (Å²) in [6, 6.07) is 3.87. The first-order chi connectivity index (χ1) is 8.96. The van der Waals surface area contributed by atoms with Crippen LogP contribution in [0.3, 0.4) is 0 Å². The minimum atomic E-state index is -0.943. The van der Waals surface area contributed by atoms with E-state index in [0.29, 0.717) is 5.41 Å². The van der Waals surface area contributed by atoms with Crippen molar-refractivity contribution in [2.45, 2.75) is 26.7 Å². The van der Waals surface area contributed by atoms with Crippen molar-refractivity contribution in [1.82, 2.24) is 4.98 Å². The number of carboxylic acid groups (broad SMARTS) is 1. The number of anilines is 1. The van der Waals surface area contributed by atoms with Gasteiger partial charge in [-0.25, -0.2) is 9.78 Å². The van der Waals surface area contributed by atoms with Crippen LogP contribution in [-0.2, 0) is 4.79 Å². The molecule has 1 aliphatic heterocycles. The highest BCUT2D eigenvalue weighted by molar-refractivity contribution is 5.85. The molecule has 1 aliphatic rings. The lowest BCUT2D eigenvalue weighted by Gasteiger charge is -2.38. The van der Waals surface area contributed by atoms with Crippen molar-refractivity contribution in [2.75, 3.05) is 18.0 Å². The van der Waals surface area contributed by atoms with Gasteiger partial charge in [-0.1, -0.05) is 13.8 Å². The summed E-state index contributed by atoms with van der Waals surface area (Å²) in [5, 5.41) is 8.58. The van der Waals surface area contributed by atoms with Gasteiger partial charge in [0.2, 0.25) is 0 Å². The maximum absolute atomic E-state index is 10.4. The summed E-state index contributed by atoms with van der Waals surface area (Å²) in [4.78, 5) is 17.2. The summed E-state index contributed by atoms with van der Waals surface area (Å²) in [5.74, 6) is 0.0297. The van der Waals surface area contributed by atoms with Crippen LogP contribution in [0, 0.1) is 5.41 Å². The fourth-order valence-electron chi connectivity index (χ4n) is 2.47. The van der Waals surface area contributed by atoms with Crippen LogP contribution in [0.2, 0.25) is 0 Å². The van der Waals surface area contributed by atoms with Gasteiger partial charge in [0.15, 0.2) is 0 Å². The third-order valence-electron chi connectivity index (χ3n) is 3.41. The van der Waals surface area contributed by atoms with Gasteiger partial charge < -0.3 is 10.0 Å². The number of rotatable bonds is 3. The van der Waals surface area contributed by atoms with Crippen LogP contribution >= 0.6 is 0 Å². The van der Waals surface area contributed by atoms with E-state index in [9.17, 15) is 4.79 Å². The second-order valence-corrected chi connectivity index (χ2v) is 5.81. The molecule has 0 amide bonds. The Morgan fingerprint density at radius 2 is 2.26 bits per heavy atom. The Hall–Kier alpha value is -1.84. The van der Waals surface area contributed by atoms with Crippen LogP contribution in [-0.4, -0.2) is 29.1 Å². The molecule has 2 rings (SSSR count). The lowest BCUT2D eigenvalue weighted by Crippen LogP contribution is -2.40. The van der Waals surface area contributed by atoms with Crippen molar-refractivity contribution >= 4 is 17.9 Å². The number of nitrogens with zero attached hydrogens (tertiary/aromatic N) is 2. The maximum atomic E-state index is 10.4. The predicted molar refractivity (Wildman–Crippen MR) is 76.1 cm³/mol. The number of carbonyl (C=O) groups is 1. The number of pyridine rings is 1. The molecule has 1 fully saturated rings. The van der Waals surface area contributed by atoms with Crippen LogP contribution in [0.4, 0.5) is 5.82 Å². The van der Waals surface area contributed by atoms with Gasteiger partial charge in [-0.3, -0.25) is 0 Å². The van der Waals surface area contributed by atoms with Crippen molar-refractivity contribution in [3.63, 3.8) is 0 Å². The topological polar surface area (TPSA) is 53.4 Å². The molecule has 0 atom stereocenters. The smallest absolute Gasteiger partial charge is 0.328 e. The predicted octanol–water partition coefficient (Wildman–Crippen LogP) is 2.81. The lowest BCUT2D eigenvalue weighted by molar-refractivity contribution is -0.131. The second kappa shape index (κ2) is 5.43. The van der Waals surface area contributed by atoms with Crippen molar-refractivity contribution in [3.8, 4) is 0 Å². The van der Waals surface area contributed by atoms with Crippen LogP contribution in [0.15, 0.2) is 24.4 Å². The van der Waals surface area contributed by atoms with Gasteiger partial charge >= 0.3 is 5.97 Å². The monoisotopic (exact) mass is 260 g/mol. The molecule has 0 saturated carbocycles. The van der Waals surface area contributed by atoms with E-state index >= 15 is 0 Å². The van der Waals surface area contributed by atoms with Gasteiger partial charge in [-0.15, -0.1) is 0 Å².